The third kappa shape index (κ3) is 3.82. The molecule has 2 aromatic carbocycles. The van der Waals surface area contributed by atoms with Crippen LogP contribution in [0.15, 0.2) is 55.1 Å². The summed E-state index contributed by atoms with van der Waals surface area (Å²) >= 11 is 0. The lowest BCUT2D eigenvalue weighted by molar-refractivity contribution is -0.147. The molecule has 0 saturated carbocycles. The summed E-state index contributed by atoms with van der Waals surface area (Å²) in [7, 11) is 0. The summed E-state index contributed by atoms with van der Waals surface area (Å²) in [5.41, 5.74) is 1.23. The van der Waals surface area contributed by atoms with E-state index in [1.165, 1.54) is 6.07 Å². The molecule has 114 valence electrons. The first-order valence-corrected chi connectivity index (χ1v) is 7.05. The van der Waals surface area contributed by atoms with Crippen LogP contribution in [0.2, 0.25) is 0 Å². The molecule has 2 aromatic rings. The van der Waals surface area contributed by atoms with Crippen LogP contribution in [-0.2, 0) is 9.53 Å². The number of halogens is 1. The molecule has 0 bridgehead atoms. The molecule has 22 heavy (non-hydrogen) atoms. The molecular formula is C19H19FO2. The predicted molar refractivity (Wildman–Crippen MR) is 86.7 cm³/mol. The summed E-state index contributed by atoms with van der Waals surface area (Å²) in [6.07, 6.45) is 0. The molecule has 2 rings (SSSR count). The smallest absolute Gasteiger partial charge is 0.338 e. The maximum atomic E-state index is 14.3. The van der Waals surface area contributed by atoms with Crippen molar-refractivity contribution in [1.82, 2.24) is 0 Å². The van der Waals surface area contributed by atoms with Crippen LogP contribution >= 0.6 is 0 Å². The van der Waals surface area contributed by atoms with Crippen LogP contribution in [0.4, 0.5) is 4.39 Å². The van der Waals surface area contributed by atoms with E-state index >= 15 is 0 Å². The number of hydrogen-bond acceptors (Lipinski definition) is 2. The third-order valence-corrected chi connectivity index (χ3v) is 3.05. The third-order valence-electron chi connectivity index (χ3n) is 3.05. The highest BCUT2D eigenvalue weighted by molar-refractivity contribution is 6.15. The van der Waals surface area contributed by atoms with Crippen LogP contribution in [0.1, 0.15) is 26.3 Å². The molecule has 0 aliphatic rings. The first-order valence-electron chi connectivity index (χ1n) is 7.05. The molecule has 0 aliphatic heterocycles. The summed E-state index contributed by atoms with van der Waals surface area (Å²) in [5, 5.41) is 0. The van der Waals surface area contributed by atoms with Crippen molar-refractivity contribution in [1.29, 1.82) is 0 Å². The van der Waals surface area contributed by atoms with E-state index in [1.807, 2.05) is 30.3 Å². The SMILES string of the molecule is C=C(C(=O)OC(C)(C)C)c1ccc(-c2ccccc2)c(F)c1. The Morgan fingerprint density at radius 3 is 2.27 bits per heavy atom. The van der Waals surface area contributed by atoms with Gasteiger partial charge in [0.05, 0.1) is 5.57 Å². The van der Waals surface area contributed by atoms with Gasteiger partial charge < -0.3 is 4.74 Å². The second-order valence-corrected chi connectivity index (χ2v) is 6.04. The highest BCUT2D eigenvalue weighted by atomic mass is 19.1. The first-order chi connectivity index (χ1) is 10.3. The molecule has 0 radical (unpaired) electrons. The van der Waals surface area contributed by atoms with Crippen molar-refractivity contribution in [3.8, 4) is 11.1 Å². The standard InChI is InChI=1S/C19H19FO2/c1-13(18(21)22-19(2,3)4)15-10-11-16(17(20)12-15)14-8-6-5-7-9-14/h5-12H,1H2,2-4H3. The molecule has 0 N–H and O–H groups in total. The zero-order valence-electron chi connectivity index (χ0n) is 13.0. The van der Waals surface area contributed by atoms with E-state index in [2.05, 4.69) is 6.58 Å². The molecule has 0 amide bonds. The minimum absolute atomic E-state index is 0.147. The van der Waals surface area contributed by atoms with Crippen molar-refractivity contribution in [2.24, 2.45) is 0 Å². The average Bonchev–Trinajstić information content (AvgIpc) is 2.45. The Labute approximate surface area is 130 Å². The van der Waals surface area contributed by atoms with Gasteiger partial charge >= 0.3 is 5.97 Å². The molecular weight excluding hydrogens is 279 g/mol. The fourth-order valence-electron chi connectivity index (χ4n) is 2.01. The molecule has 0 fully saturated rings. The monoisotopic (exact) mass is 298 g/mol. The Balaban J connectivity index is 2.26. The van der Waals surface area contributed by atoms with E-state index < -0.39 is 17.4 Å². The number of carbonyl (C=O) groups excluding carboxylic acids is 1. The fourth-order valence-corrected chi connectivity index (χ4v) is 2.01. The number of esters is 1. The Hall–Kier alpha value is -2.42. The van der Waals surface area contributed by atoms with Crippen LogP contribution in [0.5, 0.6) is 0 Å². The quantitative estimate of drug-likeness (QED) is 0.598. The zero-order valence-corrected chi connectivity index (χ0v) is 13.0. The van der Waals surface area contributed by atoms with Gasteiger partial charge in [-0.1, -0.05) is 49.0 Å². The summed E-state index contributed by atoms with van der Waals surface area (Å²) in [4.78, 5) is 12.0. The van der Waals surface area contributed by atoms with Gasteiger partial charge in [0.1, 0.15) is 11.4 Å². The van der Waals surface area contributed by atoms with Crippen LogP contribution in [-0.4, -0.2) is 11.6 Å². The van der Waals surface area contributed by atoms with Crippen LogP contribution in [0.25, 0.3) is 16.7 Å². The van der Waals surface area contributed by atoms with Crippen molar-refractivity contribution < 1.29 is 13.9 Å². The second kappa shape index (κ2) is 6.14. The van der Waals surface area contributed by atoms with Gasteiger partial charge in [0.2, 0.25) is 0 Å². The van der Waals surface area contributed by atoms with Crippen LogP contribution in [0.3, 0.4) is 0 Å². The second-order valence-electron chi connectivity index (χ2n) is 6.04. The Morgan fingerprint density at radius 1 is 1.09 bits per heavy atom. The maximum absolute atomic E-state index is 14.3. The number of carbonyl (C=O) groups is 1. The summed E-state index contributed by atoms with van der Waals surface area (Å²) < 4.78 is 19.6. The predicted octanol–water partition coefficient (Wildman–Crippen LogP) is 4.85. The number of rotatable bonds is 3. The van der Waals surface area contributed by atoms with Gasteiger partial charge in [0, 0.05) is 5.56 Å². The lowest BCUT2D eigenvalue weighted by atomic mass is 10.0. The Kier molecular flexibility index (Phi) is 4.45. The normalized spacial score (nSPS) is 11.1. The number of hydrogen-bond donors (Lipinski definition) is 0. The lowest BCUT2D eigenvalue weighted by Crippen LogP contribution is -2.24. The fraction of sp³-hybridized carbons (Fsp3) is 0.211. The molecule has 0 spiro atoms. The molecule has 0 atom stereocenters. The molecule has 2 nitrogen and oxygen atoms in total. The molecule has 3 heteroatoms. The van der Waals surface area contributed by atoms with E-state index in [9.17, 15) is 9.18 Å². The van der Waals surface area contributed by atoms with E-state index in [0.717, 1.165) is 5.56 Å². The summed E-state index contributed by atoms with van der Waals surface area (Å²) in [6.45, 7) is 9.04. The number of benzene rings is 2. The van der Waals surface area contributed by atoms with Gasteiger partial charge in [0.15, 0.2) is 0 Å². The average molecular weight is 298 g/mol. The van der Waals surface area contributed by atoms with Crippen molar-refractivity contribution in [2.75, 3.05) is 0 Å². The molecule has 0 aliphatic carbocycles. The Morgan fingerprint density at radius 2 is 1.73 bits per heavy atom. The highest BCUT2D eigenvalue weighted by Crippen LogP contribution is 2.26. The molecule has 0 unspecified atom stereocenters. The maximum Gasteiger partial charge on any atom is 0.338 e. The molecule has 0 saturated heterocycles. The van der Waals surface area contributed by atoms with Gasteiger partial charge in [-0.25, -0.2) is 9.18 Å². The van der Waals surface area contributed by atoms with Crippen LogP contribution in [0, 0.1) is 5.82 Å². The minimum Gasteiger partial charge on any atom is -0.456 e. The van der Waals surface area contributed by atoms with Gasteiger partial charge in [-0.15, -0.1) is 0 Å². The minimum atomic E-state index is -0.609. The van der Waals surface area contributed by atoms with Gasteiger partial charge in [-0.3, -0.25) is 0 Å². The summed E-state index contributed by atoms with van der Waals surface area (Å²) in [5.74, 6) is -0.937. The first kappa shape index (κ1) is 16.0. The van der Waals surface area contributed by atoms with E-state index in [0.29, 0.717) is 11.1 Å². The topological polar surface area (TPSA) is 26.3 Å². The largest absolute Gasteiger partial charge is 0.456 e. The van der Waals surface area contributed by atoms with Crippen molar-refractivity contribution in [3.05, 3.63) is 66.5 Å². The Bertz CT molecular complexity index is 697. The van der Waals surface area contributed by atoms with Crippen LogP contribution < -0.4 is 0 Å². The van der Waals surface area contributed by atoms with Crippen molar-refractivity contribution >= 4 is 11.5 Å². The van der Waals surface area contributed by atoms with E-state index in [4.69, 9.17) is 4.74 Å². The molecule has 0 aromatic heterocycles. The lowest BCUT2D eigenvalue weighted by Gasteiger charge is -2.20. The van der Waals surface area contributed by atoms with Gasteiger partial charge in [0.25, 0.3) is 0 Å². The number of ether oxygens (including phenoxy) is 1. The molecule has 0 heterocycles. The van der Waals surface area contributed by atoms with E-state index in [1.54, 1.807) is 32.9 Å². The summed E-state index contributed by atoms with van der Waals surface area (Å²) in [6, 6.07) is 13.9. The van der Waals surface area contributed by atoms with Gasteiger partial charge in [-0.05, 0) is 38.0 Å². The highest BCUT2D eigenvalue weighted by Gasteiger charge is 2.20. The van der Waals surface area contributed by atoms with E-state index in [-0.39, 0.29) is 5.57 Å². The zero-order chi connectivity index (χ0) is 16.3. The van der Waals surface area contributed by atoms with Crippen molar-refractivity contribution in [3.63, 3.8) is 0 Å². The van der Waals surface area contributed by atoms with Gasteiger partial charge in [-0.2, -0.15) is 0 Å². The van der Waals surface area contributed by atoms with Crippen molar-refractivity contribution in [2.45, 2.75) is 26.4 Å².